The first kappa shape index (κ1) is 17.5. The molecule has 1 aliphatic heterocycles. The van der Waals surface area contributed by atoms with Crippen LogP contribution in [0.2, 0.25) is 0 Å². The van der Waals surface area contributed by atoms with Gasteiger partial charge in [0.2, 0.25) is 5.95 Å². The van der Waals surface area contributed by atoms with Crippen molar-refractivity contribution in [1.82, 2.24) is 9.97 Å². The molecule has 1 atom stereocenters. The third-order valence-corrected chi connectivity index (χ3v) is 5.54. The summed E-state index contributed by atoms with van der Waals surface area (Å²) in [6.45, 7) is 7.26. The van der Waals surface area contributed by atoms with Gasteiger partial charge in [0.1, 0.15) is 11.5 Å². The van der Waals surface area contributed by atoms with Crippen molar-refractivity contribution in [2.45, 2.75) is 32.9 Å². The molecule has 5 heteroatoms. The van der Waals surface area contributed by atoms with Crippen molar-refractivity contribution in [3.05, 3.63) is 82.9 Å². The van der Waals surface area contributed by atoms with Gasteiger partial charge < -0.3 is 10.2 Å². The summed E-state index contributed by atoms with van der Waals surface area (Å²) in [4.78, 5) is 11.2. The van der Waals surface area contributed by atoms with Crippen molar-refractivity contribution < 1.29 is 4.39 Å². The van der Waals surface area contributed by atoms with Gasteiger partial charge in [0.05, 0.1) is 0 Å². The smallest absolute Gasteiger partial charge is 0.227 e. The van der Waals surface area contributed by atoms with Crippen LogP contribution < -0.4 is 10.2 Å². The summed E-state index contributed by atoms with van der Waals surface area (Å²) in [7, 11) is 0. The Morgan fingerprint density at radius 3 is 2.44 bits per heavy atom. The van der Waals surface area contributed by atoms with Crippen molar-refractivity contribution >= 4 is 11.6 Å². The largest absolute Gasteiger partial charge is 0.359 e. The second kappa shape index (κ2) is 6.65. The molecule has 3 aromatic rings. The Kier molecular flexibility index (Phi) is 4.30. The number of aryl methyl sites for hydroxylation is 1. The topological polar surface area (TPSA) is 41.1 Å². The minimum atomic E-state index is -0.550. The zero-order valence-corrected chi connectivity index (χ0v) is 15.8. The molecule has 1 aromatic heterocycles. The van der Waals surface area contributed by atoms with Crippen LogP contribution in [0.3, 0.4) is 0 Å². The predicted octanol–water partition coefficient (Wildman–Crippen LogP) is 4.58. The van der Waals surface area contributed by atoms with E-state index in [1.807, 2.05) is 6.07 Å². The maximum atomic E-state index is 13.4. The van der Waals surface area contributed by atoms with Crippen LogP contribution in [0.5, 0.6) is 0 Å². The normalized spacial score (nSPS) is 18.9. The van der Waals surface area contributed by atoms with Crippen LogP contribution in [0.4, 0.5) is 16.0 Å². The van der Waals surface area contributed by atoms with Crippen LogP contribution in [-0.2, 0) is 12.1 Å². The second-order valence-electron chi connectivity index (χ2n) is 7.19. The standard InChI is InChI=1S/C22H23FN4/c1-15-5-10-20-19(16(15)2)11-14-27(21-24-12-4-13-25-21)22(20,3)26-18-8-6-17(23)7-9-18/h4-10,12-13,26H,11,14H2,1-3H3. The summed E-state index contributed by atoms with van der Waals surface area (Å²) in [6, 6.07) is 12.6. The van der Waals surface area contributed by atoms with E-state index in [4.69, 9.17) is 0 Å². The molecule has 1 unspecified atom stereocenters. The van der Waals surface area contributed by atoms with Gasteiger partial charge in [-0.2, -0.15) is 0 Å². The van der Waals surface area contributed by atoms with E-state index < -0.39 is 5.66 Å². The molecular formula is C22H23FN4. The van der Waals surface area contributed by atoms with Crippen molar-refractivity contribution in [3.63, 3.8) is 0 Å². The molecule has 0 aliphatic carbocycles. The number of anilines is 2. The van der Waals surface area contributed by atoms with Crippen molar-refractivity contribution in [2.24, 2.45) is 0 Å². The maximum Gasteiger partial charge on any atom is 0.227 e. The molecule has 0 bridgehead atoms. The van der Waals surface area contributed by atoms with E-state index in [0.29, 0.717) is 5.95 Å². The fourth-order valence-electron chi connectivity index (χ4n) is 3.92. The van der Waals surface area contributed by atoms with Crippen molar-refractivity contribution in [1.29, 1.82) is 0 Å². The zero-order chi connectivity index (χ0) is 19.0. The number of hydrogen-bond acceptors (Lipinski definition) is 4. The van der Waals surface area contributed by atoms with Crippen LogP contribution in [0.25, 0.3) is 0 Å². The lowest BCUT2D eigenvalue weighted by molar-refractivity contribution is 0.458. The summed E-state index contributed by atoms with van der Waals surface area (Å²) in [6.07, 6.45) is 4.45. The van der Waals surface area contributed by atoms with Crippen LogP contribution in [0, 0.1) is 19.7 Å². The predicted molar refractivity (Wildman–Crippen MR) is 106 cm³/mol. The molecule has 0 saturated heterocycles. The van der Waals surface area contributed by atoms with Gasteiger partial charge in [0.15, 0.2) is 0 Å². The number of hydrogen-bond donors (Lipinski definition) is 1. The molecular weight excluding hydrogens is 339 g/mol. The van der Waals surface area contributed by atoms with Crippen LogP contribution in [-0.4, -0.2) is 16.5 Å². The number of rotatable bonds is 3. The lowest BCUT2D eigenvalue weighted by atomic mass is 9.84. The Labute approximate surface area is 159 Å². The zero-order valence-electron chi connectivity index (χ0n) is 15.8. The average molecular weight is 362 g/mol. The van der Waals surface area contributed by atoms with E-state index in [0.717, 1.165) is 18.7 Å². The maximum absolute atomic E-state index is 13.4. The van der Waals surface area contributed by atoms with Gasteiger partial charge in [0, 0.05) is 30.2 Å². The lowest BCUT2D eigenvalue weighted by Crippen LogP contribution is -2.54. The minimum absolute atomic E-state index is 0.246. The molecule has 27 heavy (non-hydrogen) atoms. The molecule has 1 N–H and O–H groups in total. The van der Waals surface area contributed by atoms with Crippen molar-refractivity contribution in [3.8, 4) is 0 Å². The van der Waals surface area contributed by atoms with Gasteiger partial charge in [-0.3, -0.25) is 0 Å². The SMILES string of the molecule is Cc1ccc2c(c1C)CCN(c1ncccn1)C2(C)Nc1ccc(F)cc1. The van der Waals surface area contributed by atoms with E-state index in [9.17, 15) is 4.39 Å². The van der Waals surface area contributed by atoms with E-state index in [2.05, 4.69) is 53.1 Å². The van der Waals surface area contributed by atoms with Crippen molar-refractivity contribution in [2.75, 3.05) is 16.8 Å². The molecule has 4 rings (SSSR count). The van der Waals surface area contributed by atoms with Gasteiger partial charge in [-0.25, -0.2) is 14.4 Å². The summed E-state index contributed by atoms with van der Waals surface area (Å²) >= 11 is 0. The fourth-order valence-corrected chi connectivity index (χ4v) is 3.92. The van der Waals surface area contributed by atoms with Crippen LogP contribution >= 0.6 is 0 Å². The molecule has 138 valence electrons. The average Bonchev–Trinajstić information content (AvgIpc) is 2.67. The first-order chi connectivity index (χ1) is 13.0. The van der Waals surface area contributed by atoms with E-state index in [1.54, 1.807) is 24.5 Å². The summed E-state index contributed by atoms with van der Waals surface area (Å²) in [5.74, 6) is 0.433. The molecule has 0 spiro atoms. The third kappa shape index (κ3) is 3.03. The van der Waals surface area contributed by atoms with E-state index in [1.165, 1.54) is 34.4 Å². The Morgan fingerprint density at radius 1 is 1.04 bits per heavy atom. The highest BCUT2D eigenvalue weighted by molar-refractivity contribution is 5.58. The first-order valence-corrected chi connectivity index (χ1v) is 9.17. The van der Waals surface area contributed by atoms with Gasteiger partial charge in [-0.1, -0.05) is 12.1 Å². The molecule has 0 fully saturated rings. The Bertz CT molecular complexity index is 956. The molecule has 0 amide bonds. The fraction of sp³-hybridized carbons (Fsp3) is 0.273. The molecule has 4 nitrogen and oxygen atoms in total. The van der Waals surface area contributed by atoms with Crippen LogP contribution in [0.1, 0.15) is 29.2 Å². The number of nitrogens with one attached hydrogen (secondary N) is 1. The Hall–Kier alpha value is -2.95. The quantitative estimate of drug-likeness (QED) is 0.740. The Morgan fingerprint density at radius 2 is 1.74 bits per heavy atom. The Balaban J connectivity index is 1.85. The van der Waals surface area contributed by atoms with Gasteiger partial charge in [0.25, 0.3) is 0 Å². The number of benzene rings is 2. The van der Waals surface area contributed by atoms with Gasteiger partial charge in [-0.15, -0.1) is 0 Å². The molecule has 2 heterocycles. The molecule has 2 aromatic carbocycles. The molecule has 0 radical (unpaired) electrons. The van der Waals surface area contributed by atoms with E-state index >= 15 is 0 Å². The summed E-state index contributed by atoms with van der Waals surface area (Å²) < 4.78 is 13.4. The first-order valence-electron chi connectivity index (χ1n) is 9.17. The number of nitrogens with zero attached hydrogens (tertiary/aromatic N) is 3. The highest BCUT2D eigenvalue weighted by atomic mass is 19.1. The van der Waals surface area contributed by atoms with Gasteiger partial charge >= 0.3 is 0 Å². The minimum Gasteiger partial charge on any atom is -0.359 e. The third-order valence-electron chi connectivity index (χ3n) is 5.54. The second-order valence-corrected chi connectivity index (χ2v) is 7.19. The number of halogens is 1. The lowest BCUT2D eigenvalue weighted by Gasteiger charge is -2.47. The monoisotopic (exact) mass is 362 g/mol. The molecule has 1 aliphatic rings. The van der Waals surface area contributed by atoms with Gasteiger partial charge in [-0.05, 0) is 74.2 Å². The highest BCUT2D eigenvalue weighted by Crippen LogP contribution is 2.39. The number of fused-ring (bicyclic) bond motifs is 1. The highest BCUT2D eigenvalue weighted by Gasteiger charge is 2.40. The number of aromatic nitrogens is 2. The summed E-state index contributed by atoms with van der Waals surface area (Å²) in [5, 5.41) is 3.62. The molecule has 0 saturated carbocycles. The van der Waals surface area contributed by atoms with E-state index in [-0.39, 0.29) is 5.82 Å². The van der Waals surface area contributed by atoms with Crippen LogP contribution in [0.15, 0.2) is 54.9 Å². The summed E-state index contributed by atoms with van der Waals surface area (Å²) in [5.41, 5.74) is 5.49.